The van der Waals surface area contributed by atoms with Crippen LogP contribution in [0.1, 0.15) is 17.2 Å². The predicted octanol–water partition coefficient (Wildman–Crippen LogP) is 4.90. The molecule has 2 unspecified atom stereocenters. The number of anilines is 2. The Bertz CT molecular complexity index is 1440. The number of benzene rings is 3. The monoisotopic (exact) mass is 516 g/mol. The second-order valence-corrected chi connectivity index (χ2v) is 9.67. The number of pyridine rings is 1. The van der Waals surface area contributed by atoms with E-state index in [1.165, 1.54) is 11.1 Å². The van der Waals surface area contributed by atoms with Gasteiger partial charge >= 0.3 is 0 Å². The van der Waals surface area contributed by atoms with Gasteiger partial charge in [-0.25, -0.2) is 5.01 Å². The van der Waals surface area contributed by atoms with Gasteiger partial charge in [-0.05, 0) is 41.5 Å². The average molecular weight is 517 g/mol. The Morgan fingerprint density at radius 3 is 2.17 bits per heavy atom. The van der Waals surface area contributed by atoms with Crippen molar-refractivity contribution in [3.8, 4) is 0 Å². The predicted molar refractivity (Wildman–Crippen MR) is 141 cm³/mol. The zero-order valence-electron chi connectivity index (χ0n) is 18.9. The first-order valence-electron chi connectivity index (χ1n) is 11.1. The number of halogens is 1. The number of thioether (sulfide) groups is 1. The first kappa shape index (κ1) is 23.7. The molecule has 0 radical (unpaired) electrons. The number of nitrogens with zero attached hydrogens (tertiary/aromatic N) is 1. The van der Waals surface area contributed by atoms with Crippen LogP contribution in [0.4, 0.5) is 11.4 Å². The number of H-pyrrole nitrogens is 1. The van der Waals surface area contributed by atoms with Gasteiger partial charge < -0.3 is 10.3 Å². The van der Waals surface area contributed by atoms with Crippen LogP contribution < -0.4 is 16.3 Å². The molecular weight excluding hydrogens is 496 g/mol. The summed E-state index contributed by atoms with van der Waals surface area (Å²) in [6, 6.07) is 26.9. The number of aromatic amines is 1. The van der Waals surface area contributed by atoms with Gasteiger partial charge in [0.1, 0.15) is 6.04 Å². The highest BCUT2D eigenvalue weighted by atomic mass is 35.5. The molecule has 1 saturated heterocycles. The van der Waals surface area contributed by atoms with E-state index in [0.29, 0.717) is 9.92 Å². The molecule has 2 amide bonds. The Hall–Kier alpha value is -4.01. The van der Waals surface area contributed by atoms with Crippen LogP contribution in [0.15, 0.2) is 107 Å². The smallest absolute Gasteiger partial charge is 0.265 e. The van der Waals surface area contributed by atoms with Crippen molar-refractivity contribution in [2.24, 2.45) is 0 Å². The van der Waals surface area contributed by atoms with E-state index in [-0.39, 0.29) is 17.4 Å². The molecular formula is C27H21ClN4O3S. The number of aromatic nitrogens is 1. The van der Waals surface area contributed by atoms with Crippen LogP contribution in [-0.4, -0.2) is 27.1 Å². The average Bonchev–Trinajstić information content (AvgIpc) is 3.16. The van der Waals surface area contributed by atoms with Crippen LogP contribution in [0.5, 0.6) is 0 Å². The van der Waals surface area contributed by atoms with Crippen LogP contribution in [0.3, 0.4) is 0 Å². The summed E-state index contributed by atoms with van der Waals surface area (Å²) >= 11 is 7.41. The number of hydrogen-bond acceptors (Lipinski definition) is 5. The summed E-state index contributed by atoms with van der Waals surface area (Å²) in [5.41, 5.74) is 5.83. The summed E-state index contributed by atoms with van der Waals surface area (Å²) in [6.45, 7) is 0. The van der Waals surface area contributed by atoms with Crippen molar-refractivity contribution in [3.63, 3.8) is 0 Å². The largest absolute Gasteiger partial charge is 0.354 e. The summed E-state index contributed by atoms with van der Waals surface area (Å²) < 4.78 is 0. The first-order chi connectivity index (χ1) is 17.5. The third-order valence-electron chi connectivity index (χ3n) is 5.68. The number of carbonyl (C=O) groups excluding carboxylic acids is 2. The van der Waals surface area contributed by atoms with E-state index in [4.69, 9.17) is 11.6 Å². The zero-order valence-corrected chi connectivity index (χ0v) is 20.4. The number of hydrogen-bond donors (Lipinski definition) is 3. The Labute approximate surface area is 216 Å². The summed E-state index contributed by atoms with van der Waals surface area (Å²) in [6.07, 6.45) is 1.60. The number of rotatable bonds is 7. The lowest BCUT2D eigenvalue weighted by molar-refractivity contribution is -0.131. The maximum Gasteiger partial charge on any atom is 0.265 e. The Balaban J connectivity index is 1.43. The van der Waals surface area contributed by atoms with Crippen molar-refractivity contribution in [1.29, 1.82) is 0 Å². The van der Waals surface area contributed by atoms with Crippen molar-refractivity contribution in [2.45, 2.75) is 16.2 Å². The molecule has 1 fully saturated rings. The van der Waals surface area contributed by atoms with Gasteiger partial charge in [-0.2, -0.15) is 0 Å². The van der Waals surface area contributed by atoms with Crippen LogP contribution in [-0.2, 0) is 9.59 Å². The summed E-state index contributed by atoms with van der Waals surface area (Å²) in [7, 11) is 0. The number of carbonyl (C=O) groups is 2. The third-order valence-corrected chi connectivity index (χ3v) is 7.39. The van der Waals surface area contributed by atoms with Gasteiger partial charge in [0.05, 0.1) is 10.7 Å². The molecule has 1 aliphatic rings. The van der Waals surface area contributed by atoms with Gasteiger partial charge in [-0.15, -0.1) is 11.8 Å². The van der Waals surface area contributed by atoms with Crippen molar-refractivity contribution in [2.75, 3.05) is 5.32 Å². The number of amides is 2. The first-order valence-corrected chi connectivity index (χ1v) is 12.4. The van der Waals surface area contributed by atoms with Gasteiger partial charge in [-0.1, -0.05) is 66.2 Å². The van der Waals surface area contributed by atoms with E-state index in [9.17, 15) is 14.4 Å². The molecule has 0 spiro atoms. The van der Waals surface area contributed by atoms with Crippen molar-refractivity contribution in [1.82, 2.24) is 15.4 Å². The Morgan fingerprint density at radius 2 is 1.47 bits per heavy atom. The number of hydrazine groups is 1. The van der Waals surface area contributed by atoms with E-state index in [2.05, 4.69) is 15.7 Å². The van der Waals surface area contributed by atoms with Gasteiger partial charge in [-0.3, -0.25) is 19.8 Å². The summed E-state index contributed by atoms with van der Waals surface area (Å²) in [5, 5.41) is 4.17. The normalized spacial score (nSPS) is 16.0. The molecule has 180 valence electrons. The SMILES string of the molecule is O=C1NN(C(c2ccccc2)c2ccc(Nc3ccc(=O)[nH]c3)cc2)C(=O)C1Sc1ccccc1Cl. The van der Waals surface area contributed by atoms with Crippen LogP contribution >= 0.6 is 23.4 Å². The van der Waals surface area contributed by atoms with E-state index in [1.54, 1.807) is 30.5 Å². The molecule has 4 aromatic rings. The van der Waals surface area contributed by atoms with E-state index in [1.807, 2.05) is 60.7 Å². The molecule has 2 atom stereocenters. The lowest BCUT2D eigenvalue weighted by atomic mass is 9.97. The molecule has 5 rings (SSSR count). The molecule has 36 heavy (non-hydrogen) atoms. The lowest BCUT2D eigenvalue weighted by Crippen LogP contribution is -2.39. The fourth-order valence-corrected chi connectivity index (χ4v) is 5.20. The summed E-state index contributed by atoms with van der Waals surface area (Å²) in [5.74, 6) is -0.726. The minimum Gasteiger partial charge on any atom is -0.354 e. The van der Waals surface area contributed by atoms with Crippen molar-refractivity contribution in [3.05, 3.63) is 124 Å². The molecule has 0 bridgehead atoms. The van der Waals surface area contributed by atoms with Gasteiger partial charge in [0.25, 0.3) is 11.8 Å². The topological polar surface area (TPSA) is 94.3 Å². The zero-order chi connectivity index (χ0) is 25.1. The maximum atomic E-state index is 13.5. The highest BCUT2D eigenvalue weighted by molar-refractivity contribution is 8.01. The van der Waals surface area contributed by atoms with Crippen molar-refractivity contribution < 1.29 is 9.59 Å². The second-order valence-electron chi connectivity index (χ2n) is 8.11. The van der Waals surface area contributed by atoms with Crippen LogP contribution in [0.2, 0.25) is 5.02 Å². The maximum absolute atomic E-state index is 13.5. The van der Waals surface area contributed by atoms with Crippen LogP contribution in [0, 0.1) is 0 Å². The molecule has 1 aromatic heterocycles. The number of nitrogens with one attached hydrogen (secondary N) is 3. The quantitative estimate of drug-likeness (QED) is 0.304. The molecule has 0 aliphatic carbocycles. The van der Waals surface area contributed by atoms with E-state index < -0.39 is 11.3 Å². The minimum absolute atomic E-state index is 0.176. The molecule has 2 heterocycles. The molecule has 7 nitrogen and oxygen atoms in total. The third kappa shape index (κ3) is 5.00. The summed E-state index contributed by atoms with van der Waals surface area (Å²) in [4.78, 5) is 41.0. The minimum atomic E-state index is -0.947. The molecule has 3 aromatic carbocycles. The van der Waals surface area contributed by atoms with E-state index in [0.717, 1.165) is 34.3 Å². The fraction of sp³-hybridized carbons (Fsp3) is 0.0741. The van der Waals surface area contributed by atoms with Gasteiger partial charge in [0.15, 0.2) is 5.25 Å². The molecule has 0 saturated carbocycles. The van der Waals surface area contributed by atoms with Crippen molar-refractivity contribution >= 4 is 46.6 Å². The molecule has 3 N–H and O–H groups in total. The standard InChI is InChI=1S/C27H21ClN4O3S/c28-21-8-4-5-9-22(21)36-25-26(34)31-32(27(25)35)24(17-6-2-1-3-7-17)18-10-12-19(13-11-18)30-20-14-15-23(33)29-16-20/h1-16,24-25,30H,(H,29,33)(H,31,34). The van der Waals surface area contributed by atoms with E-state index >= 15 is 0 Å². The highest BCUT2D eigenvalue weighted by Gasteiger charge is 2.44. The van der Waals surface area contributed by atoms with Gasteiger partial charge in [0.2, 0.25) is 5.56 Å². The van der Waals surface area contributed by atoms with Crippen LogP contribution in [0.25, 0.3) is 0 Å². The Morgan fingerprint density at radius 1 is 0.806 bits per heavy atom. The lowest BCUT2D eigenvalue weighted by Gasteiger charge is -2.28. The highest BCUT2D eigenvalue weighted by Crippen LogP contribution is 2.37. The Kier molecular flexibility index (Phi) is 6.79. The second kappa shape index (κ2) is 10.3. The van der Waals surface area contributed by atoms with Gasteiger partial charge in [0, 0.05) is 22.8 Å². The fourth-order valence-electron chi connectivity index (χ4n) is 3.96. The molecule has 1 aliphatic heterocycles. The molecule has 9 heteroatoms.